The Hall–Kier alpha value is -1.44. The van der Waals surface area contributed by atoms with Gasteiger partial charge in [0, 0.05) is 32.7 Å². The standard InChI is InChI=1S/C19H29N3O3S/c1-21(2)26(24,25)16-7-6-15-8-11-22(17(15)12-16)18(23)13-19(14-20)9-4-3-5-10-19/h6-7,12H,3-5,8-11,13-14,20H2,1-2H3. The summed E-state index contributed by atoms with van der Waals surface area (Å²) in [6, 6.07) is 5.11. The Balaban J connectivity index is 1.85. The van der Waals surface area contributed by atoms with Crippen LogP contribution in [0.5, 0.6) is 0 Å². The lowest BCUT2D eigenvalue weighted by molar-refractivity contribution is -0.121. The van der Waals surface area contributed by atoms with Crippen LogP contribution < -0.4 is 10.6 Å². The van der Waals surface area contributed by atoms with E-state index in [0.717, 1.165) is 43.4 Å². The predicted molar refractivity (Wildman–Crippen MR) is 103 cm³/mol. The van der Waals surface area contributed by atoms with Gasteiger partial charge in [0.2, 0.25) is 15.9 Å². The Kier molecular flexibility index (Phi) is 5.42. The van der Waals surface area contributed by atoms with Gasteiger partial charge in [-0.05, 0) is 48.9 Å². The average Bonchev–Trinajstić information content (AvgIpc) is 3.05. The zero-order valence-electron chi connectivity index (χ0n) is 15.7. The number of nitrogens with two attached hydrogens (primary N) is 1. The number of carbonyl (C=O) groups is 1. The van der Waals surface area contributed by atoms with E-state index in [-0.39, 0.29) is 16.2 Å². The fourth-order valence-corrected chi connectivity index (χ4v) is 5.08. The second-order valence-electron chi connectivity index (χ2n) is 7.81. The fraction of sp³-hybridized carbons (Fsp3) is 0.632. The number of hydrogen-bond acceptors (Lipinski definition) is 4. The van der Waals surface area contributed by atoms with Gasteiger partial charge in [-0.15, -0.1) is 0 Å². The van der Waals surface area contributed by atoms with Gasteiger partial charge >= 0.3 is 0 Å². The van der Waals surface area contributed by atoms with Gasteiger partial charge in [-0.2, -0.15) is 0 Å². The molecule has 0 saturated heterocycles. The summed E-state index contributed by atoms with van der Waals surface area (Å²) >= 11 is 0. The van der Waals surface area contributed by atoms with Crippen LogP contribution in [0.4, 0.5) is 5.69 Å². The van der Waals surface area contributed by atoms with Gasteiger partial charge in [0.1, 0.15) is 0 Å². The third-order valence-corrected chi connectivity index (χ3v) is 7.72. The van der Waals surface area contributed by atoms with Crippen molar-refractivity contribution in [3.8, 4) is 0 Å². The van der Waals surface area contributed by atoms with Crippen molar-refractivity contribution in [2.45, 2.75) is 49.8 Å². The molecule has 0 unspecified atom stereocenters. The van der Waals surface area contributed by atoms with Gasteiger partial charge in [0.25, 0.3) is 0 Å². The molecule has 26 heavy (non-hydrogen) atoms. The summed E-state index contributed by atoms with van der Waals surface area (Å²) in [5, 5.41) is 0. The van der Waals surface area contributed by atoms with Gasteiger partial charge in [-0.3, -0.25) is 4.79 Å². The van der Waals surface area contributed by atoms with Crippen LogP contribution in [0.1, 0.15) is 44.1 Å². The molecule has 0 aromatic heterocycles. The second kappa shape index (κ2) is 7.29. The molecule has 1 aromatic carbocycles. The van der Waals surface area contributed by atoms with Crippen molar-refractivity contribution < 1.29 is 13.2 Å². The first-order chi connectivity index (χ1) is 12.3. The lowest BCUT2D eigenvalue weighted by atomic mass is 9.71. The number of sulfonamides is 1. The molecule has 6 nitrogen and oxygen atoms in total. The molecular weight excluding hydrogens is 350 g/mol. The first-order valence-electron chi connectivity index (χ1n) is 9.35. The summed E-state index contributed by atoms with van der Waals surface area (Å²) in [5.41, 5.74) is 7.71. The average molecular weight is 380 g/mol. The van der Waals surface area contributed by atoms with Crippen molar-refractivity contribution in [1.82, 2.24) is 4.31 Å². The van der Waals surface area contributed by atoms with Gasteiger partial charge in [0.05, 0.1) is 4.90 Å². The Morgan fingerprint density at radius 1 is 1.23 bits per heavy atom. The van der Waals surface area contributed by atoms with E-state index >= 15 is 0 Å². The lowest BCUT2D eigenvalue weighted by Gasteiger charge is -2.36. The zero-order valence-corrected chi connectivity index (χ0v) is 16.5. The number of fused-ring (bicyclic) bond motifs is 1. The number of carbonyl (C=O) groups excluding carboxylic acids is 1. The number of benzene rings is 1. The maximum absolute atomic E-state index is 13.0. The minimum atomic E-state index is -3.52. The summed E-state index contributed by atoms with van der Waals surface area (Å²) in [6.45, 7) is 1.15. The largest absolute Gasteiger partial charge is 0.330 e. The molecule has 0 spiro atoms. The third kappa shape index (κ3) is 3.52. The molecule has 0 radical (unpaired) electrons. The number of anilines is 1. The SMILES string of the molecule is CN(C)S(=O)(=O)c1ccc2c(c1)N(C(=O)CC1(CN)CCCCC1)CC2. The van der Waals surface area contributed by atoms with Gasteiger partial charge in [-0.1, -0.05) is 25.3 Å². The van der Waals surface area contributed by atoms with Crippen molar-refractivity contribution in [3.05, 3.63) is 23.8 Å². The maximum atomic E-state index is 13.0. The van der Waals surface area contributed by atoms with E-state index < -0.39 is 10.0 Å². The molecule has 1 heterocycles. The molecule has 144 valence electrons. The molecule has 3 rings (SSSR count). The smallest absolute Gasteiger partial charge is 0.242 e. The highest BCUT2D eigenvalue weighted by atomic mass is 32.2. The van der Waals surface area contributed by atoms with Crippen LogP contribution in [0.15, 0.2) is 23.1 Å². The molecule has 7 heteroatoms. The Morgan fingerprint density at radius 3 is 2.54 bits per heavy atom. The van der Waals surface area contributed by atoms with Gasteiger partial charge < -0.3 is 10.6 Å². The highest BCUT2D eigenvalue weighted by molar-refractivity contribution is 7.89. The van der Waals surface area contributed by atoms with E-state index in [9.17, 15) is 13.2 Å². The molecule has 2 N–H and O–H groups in total. The molecule has 1 aliphatic carbocycles. The van der Waals surface area contributed by atoms with Crippen LogP contribution in [0.2, 0.25) is 0 Å². The van der Waals surface area contributed by atoms with E-state index in [4.69, 9.17) is 5.73 Å². The molecule has 1 aliphatic heterocycles. The number of rotatable bonds is 5. The second-order valence-corrected chi connectivity index (χ2v) is 9.97. The van der Waals surface area contributed by atoms with E-state index in [1.165, 1.54) is 24.8 Å². The van der Waals surface area contributed by atoms with Crippen LogP contribution >= 0.6 is 0 Å². The van der Waals surface area contributed by atoms with Crippen LogP contribution in [-0.2, 0) is 21.2 Å². The van der Waals surface area contributed by atoms with Crippen molar-refractivity contribution in [1.29, 1.82) is 0 Å². The third-order valence-electron chi connectivity index (χ3n) is 5.91. The Morgan fingerprint density at radius 2 is 1.92 bits per heavy atom. The summed E-state index contributed by atoms with van der Waals surface area (Å²) < 4.78 is 26.1. The topological polar surface area (TPSA) is 83.7 Å². The van der Waals surface area contributed by atoms with E-state index in [1.807, 2.05) is 6.07 Å². The predicted octanol–water partition coefficient (Wildman–Crippen LogP) is 2.13. The van der Waals surface area contributed by atoms with Crippen LogP contribution in [0.3, 0.4) is 0 Å². The van der Waals surface area contributed by atoms with Crippen molar-refractivity contribution in [2.75, 3.05) is 32.1 Å². The fourth-order valence-electron chi connectivity index (χ4n) is 4.16. The Labute approximate surface area is 156 Å². The zero-order chi connectivity index (χ0) is 18.9. The molecule has 2 aliphatic rings. The van der Waals surface area contributed by atoms with Gasteiger partial charge in [-0.25, -0.2) is 12.7 Å². The summed E-state index contributed by atoms with van der Waals surface area (Å²) in [5.74, 6) is 0.0653. The maximum Gasteiger partial charge on any atom is 0.242 e. The van der Waals surface area contributed by atoms with E-state index in [0.29, 0.717) is 19.5 Å². The van der Waals surface area contributed by atoms with Crippen LogP contribution in [0, 0.1) is 5.41 Å². The van der Waals surface area contributed by atoms with Crippen LogP contribution in [-0.4, -0.2) is 45.8 Å². The minimum absolute atomic E-state index is 0.0653. The van der Waals surface area contributed by atoms with Crippen molar-refractivity contribution in [2.24, 2.45) is 11.1 Å². The molecule has 1 aromatic rings. The number of hydrogen-bond donors (Lipinski definition) is 1. The highest BCUT2D eigenvalue weighted by Gasteiger charge is 2.36. The monoisotopic (exact) mass is 379 g/mol. The normalized spacial score (nSPS) is 19.6. The highest BCUT2D eigenvalue weighted by Crippen LogP contribution is 2.40. The summed E-state index contributed by atoms with van der Waals surface area (Å²) in [6.07, 6.45) is 6.70. The minimum Gasteiger partial charge on any atom is -0.330 e. The molecule has 1 saturated carbocycles. The molecule has 0 atom stereocenters. The molecule has 1 fully saturated rings. The van der Waals surface area contributed by atoms with Gasteiger partial charge in [0.15, 0.2) is 0 Å². The molecule has 1 amide bonds. The first kappa shape index (κ1) is 19.3. The lowest BCUT2D eigenvalue weighted by Crippen LogP contribution is -2.40. The quantitative estimate of drug-likeness (QED) is 0.849. The Bertz CT molecular complexity index is 783. The van der Waals surface area contributed by atoms with Crippen molar-refractivity contribution in [3.63, 3.8) is 0 Å². The number of nitrogens with zero attached hydrogens (tertiary/aromatic N) is 2. The molecular formula is C19H29N3O3S. The number of amides is 1. The van der Waals surface area contributed by atoms with E-state index in [2.05, 4.69) is 0 Å². The summed E-state index contributed by atoms with van der Waals surface area (Å²) in [7, 11) is -0.489. The van der Waals surface area contributed by atoms with E-state index in [1.54, 1.807) is 17.0 Å². The first-order valence-corrected chi connectivity index (χ1v) is 10.8. The van der Waals surface area contributed by atoms with Crippen molar-refractivity contribution >= 4 is 21.6 Å². The van der Waals surface area contributed by atoms with Crippen LogP contribution in [0.25, 0.3) is 0 Å². The molecule has 0 bridgehead atoms. The summed E-state index contributed by atoms with van der Waals surface area (Å²) in [4.78, 5) is 15.0.